The Labute approximate surface area is 152 Å². The number of hydrogen-bond donors (Lipinski definition) is 2. The molecule has 0 spiro atoms. The van der Waals surface area contributed by atoms with Crippen molar-refractivity contribution in [1.82, 2.24) is 20.2 Å². The van der Waals surface area contributed by atoms with E-state index in [1.807, 2.05) is 11.0 Å². The molecule has 2 N–H and O–H groups in total. The second kappa shape index (κ2) is 5.83. The van der Waals surface area contributed by atoms with Crippen molar-refractivity contribution >= 4 is 22.8 Å². The van der Waals surface area contributed by atoms with E-state index in [1.54, 1.807) is 12.4 Å². The van der Waals surface area contributed by atoms with Gasteiger partial charge >= 0.3 is 0 Å². The number of aromatic nitrogens is 2. The van der Waals surface area contributed by atoms with E-state index in [-0.39, 0.29) is 17.9 Å². The maximum atomic E-state index is 13.3. The third kappa shape index (κ3) is 2.20. The lowest BCUT2D eigenvalue weighted by Gasteiger charge is -2.42. The van der Waals surface area contributed by atoms with E-state index < -0.39 is 5.54 Å². The summed E-state index contributed by atoms with van der Waals surface area (Å²) in [5.74, 6) is 0.0137. The molecule has 2 saturated carbocycles. The van der Waals surface area contributed by atoms with Crippen molar-refractivity contribution in [3.05, 3.63) is 29.6 Å². The van der Waals surface area contributed by atoms with Crippen LogP contribution in [0.25, 0.3) is 11.0 Å². The second-order valence-electron chi connectivity index (χ2n) is 7.98. The van der Waals surface area contributed by atoms with Crippen LogP contribution in [0.5, 0.6) is 0 Å². The smallest absolute Gasteiger partial charge is 0.257 e. The molecule has 0 radical (unpaired) electrons. The lowest BCUT2D eigenvalue weighted by Crippen LogP contribution is -2.60. The lowest BCUT2D eigenvalue weighted by molar-refractivity contribution is -0.133. The van der Waals surface area contributed by atoms with Crippen molar-refractivity contribution in [3.63, 3.8) is 0 Å². The number of amides is 2. The first-order valence-corrected chi connectivity index (χ1v) is 9.77. The number of nitrogens with zero attached hydrogens (tertiary/aromatic N) is 2. The van der Waals surface area contributed by atoms with Crippen LogP contribution >= 0.6 is 0 Å². The molecule has 5 rings (SSSR count). The first-order valence-electron chi connectivity index (χ1n) is 9.77. The number of rotatable bonds is 3. The molecule has 0 aromatic carbocycles. The molecule has 136 valence electrons. The molecular formula is C20H24N4O2. The van der Waals surface area contributed by atoms with Gasteiger partial charge in [0.25, 0.3) is 5.91 Å². The minimum absolute atomic E-state index is 0.0415. The number of H-pyrrole nitrogens is 1. The zero-order chi connectivity index (χ0) is 17.7. The topological polar surface area (TPSA) is 78.1 Å². The van der Waals surface area contributed by atoms with Crippen LogP contribution in [0.3, 0.4) is 0 Å². The van der Waals surface area contributed by atoms with Gasteiger partial charge in [-0.05, 0) is 37.3 Å². The average molecular weight is 352 g/mol. The highest BCUT2D eigenvalue weighted by molar-refractivity contribution is 6.10. The van der Waals surface area contributed by atoms with Crippen molar-refractivity contribution in [1.29, 1.82) is 0 Å². The van der Waals surface area contributed by atoms with Gasteiger partial charge in [-0.1, -0.05) is 25.7 Å². The van der Waals surface area contributed by atoms with E-state index in [0.29, 0.717) is 12.1 Å². The fourth-order valence-electron chi connectivity index (χ4n) is 5.13. The molecule has 0 saturated heterocycles. The summed E-state index contributed by atoms with van der Waals surface area (Å²) < 4.78 is 0. The van der Waals surface area contributed by atoms with Gasteiger partial charge in [0.15, 0.2) is 0 Å². The van der Waals surface area contributed by atoms with Gasteiger partial charge in [-0.3, -0.25) is 9.59 Å². The van der Waals surface area contributed by atoms with Crippen LogP contribution in [0.15, 0.2) is 18.5 Å². The molecule has 2 aromatic heterocycles. The number of hydrogen-bond acceptors (Lipinski definition) is 3. The van der Waals surface area contributed by atoms with Crippen LogP contribution < -0.4 is 5.32 Å². The van der Waals surface area contributed by atoms with Gasteiger partial charge in [-0.25, -0.2) is 4.98 Å². The average Bonchev–Trinajstić information content (AvgIpc) is 3.39. The molecular weight excluding hydrogens is 328 g/mol. The summed E-state index contributed by atoms with van der Waals surface area (Å²) >= 11 is 0. The minimum Gasteiger partial charge on any atom is -0.351 e. The maximum absolute atomic E-state index is 13.3. The van der Waals surface area contributed by atoms with Gasteiger partial charge in [0, 0.05) is 30.4 Å². The summed E-state index contributed by atoms with van der Waals surface area (Å²) in [5, 5.41) is 4.18. The molecule has 2 fully saturated rings. The summed E-state index contributed by atoms with van der Waals surface area (Å²) in [5.41, 5.74) is 1.77. The van der Waals surface area contributed by atoms with Crippen LogP contribution in [0.4, 0.5) is 0 Å². The molecule has 3 aliphatic rings. The van der Waals surface area contributed by atoms with E-state index in [4.69, 9.17) is 0 Å². The second-order valence-corrected chi connectivity index (χ2v) is 7.98. The van der Waals surface area contributed by atoms with Crippen LogP contribution in [0.2, 0.25) is 0 Å². The predicted molar refractivity (Wildman–Crippen MR) is 97.6 cm³/mol. The standard InChI is InChI=1S/C20H24N4O2/c25-18-15-11-22-17-16(15)13(7-10-21-17)12-24(18)20(8-3-4-9-20)19(26)23-14-5-1-2-6-14/h7,10-11,14H,1-6,8-9,12H2,(H,21,22)(H,23,26). The molecule has 0 bridgehead atoms. The molecule has 0 atom stereocenters. The van der Waals surface area contributed by atoms with Crippen molar-refractivity contribution in [2.75, 3.05) is 0 Å². The minimum atomic E-state index is -0.704. The Morgan fingerprint density at radius 3 is 2.77 bits per heavy atom. The predicted octanol–water partition coefficient (Wildman–Crippen LogP) is 2.89. The molecule has 6 nitrogen and oxygen atoms in total. The van der Waals surface area contributed by atoms with E-state index in [0.717, 1.165) is 55.1 Å². The highest BCUT2D eigenvalue weighted by atomic mass is 16.2. The zero-order valence-electron chi connectivity index (χ0n) is 14.9. The first-order chi connectivity index (χ1) is 12.7. The van der Waals surface area contributed by atoms with E-state index >= 15 is 0 Å². The number of pyridine rings is 1. The number of nitrogens with one attached hydrogen (secondary N) is 2. The number of carbonyl (C=O) groups is 2. The van der Waals surface area contributed by atoms with Crippen molar-refractivity contribution in [2.45, 2.75) is 69.5 Å². The van der Waals surface area contributed by atoms with Gasteiger partial charge in [-0.15, -0.1) is 0 Å². The zero-order valence-corrected chi connectivity index (χ0v) is 14.9. The maximum Gasteiger partial charge on any atom is 0.257 e. The Balaban J connectivity index is 1.51. The molecule has 2 amide bonds. The summed E-state index contributed by atoms with van der Waals surface area (Å²) in [6, 6.07) is 2.24. The van der Waals surface area contributed by atoms with Crippen molar-refractivity contribution in [3.8, 4) is 0 Å². The Bertz CT molecular complexity index is 875. The Hall–Kier alpha value is -2.37. The molecule has 2 aromatic rings. The quantitative estimate of drug-likeness (QED) is 0.891. The first kappa shape index (κ1) is 15.9. The normalized spacial score (nSPS) is 22.3. The summed E-state index contributed by atoms with van der Waals surface area (Å²) in [7, 11) is 0. The van der Waals surface area contributed by atoms with Crippen molar-refractivity contribution in [2.24, 2.45) is 0 Å². The fourth-order valence-corrected chi connectivity index (χ4v) is 5.13. The fraction of sp³-hybridized carbons (Fsp3) is 0.550. The van der Waals surface area contributed by atoms with Gasteiger partial charge in [0.05, 0.1) is 5.56 Å². The SMILES string of the molecule is O=C1c2c[nH]c3nccc(c23)CN1C1(C(=O)NC2CCCC2)CCCC1. The van der Waals surface area contributed by atoms with Gasteiger partial charge in [-0.2, -0.15) is 0 Å². The summed E-state index contributed by atoms with van der Waals surface area (Å²) in [6.07, 6.45) is 11.5. The summed E-state index contributed by atoms with van der Waals surface area (Å²) in [6.45, 7) is 0.487. The van der Waals surface area contributed by atoms with Crippen molar-refractivity contribution < 1.29 is 9.59 Å². The van der Waals surface area contributed by atoms with Crippen LogP contribution in [-0.2, 0) is 11.3 Å². The third-order valence-corrected chi connectivity index (χ3v) is 6.52. The molecule has 6 heteroatoms. The Kier molecular flexibility index (Phi) is 3.55. The number of carbonyl (C=O) groups excluding carboxylic acids is 2. The van der Waals surface area contributed by atoms with Crippen LogP contribution in [0, 0.1) is 0 Å². The van der Waals surface area contributed by atoms with Gasteiger partial charge < -0.3 is 15.2 Å². The highest BCUT2D eigenvalue weighted by Gasteiger charge is 2.50. The van der Waals surface area contributed by atoms with Gasteiger partial charge in [0.2, 0.25) is 5.91 Å². The summed E-state index contributed by atoms with van der Waals surface area (Å²) in [4.78, 5) is 35.9. The van der Waals surface area contributed by atoms with Crippen LogP contribution in [-0.4, -0.2) is 38.3 Å². The largest absolute Gasteiger partial charge is 0.351 e. The van der Waals surface area contributed by atoms with E-state index in [9.17, 15) is 9.59 Å². The van der Waals surface area contributed by atoms with E-state index in [1.165, 1.54) is 12.8 Å². The molecule has 0 unspecified atom stereocenters. The lowest BCUT2D eigenvalue weighted by atomic mass is 9.89. The molecule has 1 aliphatic heterocycles. The van der Waals surface area contributed by atoms with E-state index in [2.05, 4.69) is 15.3 Å². The third-order valence-electron chi connectivity index (χ3n) is 6.52. The highest BCUT2D eigenvalue weighted by Crippen LogP contribution is 2.41. The molecule has 3 heterocycles. The van der Waals surface area contributed by atoms with Crippen LogP contribution in [0.1, 0.15) is 67.3 Å². The van der Waals surface area contributed by atoms with Gasteiger partial charge in [0.1, 0.15) is 11.2 Å². The Morgan fingerprint density at radius 2 is 2.00 bits per heavy atom. The number of aromatic amines is 1. The monoisotopic (exact) mass is 352 g/mol. The Morgan fingerprint density at radius 1 is 1.23 bits per heavy atom. The molecule has 2 aliphatic carbocycles. The molecule has 26 heavy (non-hydrogen) atoms.